The van der Waals surface area contributed by atoms with Gasteiger partial charge in [-0.1, -0.05) is 19.6 Å². The van der Waals surface area contributed by atoms with E-state index in [2.05, 4.69) is 58.6 Å². The summed E-state index contributed by atoms with van der Waals surface area (Å²) in [4.78, 5) is 19.9. The van der Waals surface area contributed by atoms with E-state index in [4.69, 9.17) is 0 Å². The minimum Gasteiger partial charge on any atom is -0.384 e. The molecule has 0 aliphatic carbocycles. The first-order valence-electron chi connectivity index (χ1n) is 11.8. The molecule has 4 fully saturated rings. The van der Waals surface area contributed by atoms with E-state index < -0.39 is 0 Å². The SMILES string of the molecule is C=C1CCC2CCN(C(=O)N3CCC4(C3)CN(c3ccc(CC)c(C)c3)C4)CC2N1. The van der Waals surface area contributed by atoms with Gasteiger partial charge < -0.3 is 20.0 Å². The summed E-state index contributed by atoms with van der Waals surface area (Å²) in [5, 5.41) is 3.56. The standard InChI is InChI=1S/C25H36N4O/c1-4-20-7-8-22(13-18(20)2)29-16-25(17-29)10-12-28(15-25)24(30)27-11-9-21-6-5-19(3)26-23(21)14-27/h7-8,13,21,23,26H,3-6,9-12,14-17H2,1-2H3. The summed E-state index contributed by atoms with van der Waals surface area (Å²) >= 11 is 0. The van der Waals surface area contributed by atoms with E-state index in [-0.39, 0.29) is 6.03 Å². The molecule has 0 saturated carbocycles. The molecular weight excluding hydrogens is 372 g/mol. The molecule has 5 rings (SSSR count). The van der Waals surface area contributed by atoms with Crippen LogP contribution in [0.2, 0.25) is 0 Å². The highest BCUT2D eigenvalue weighted by molar-refractivity contribution is 5.75. The van der Waals surface area contributed by atoms with Crippen LogP contribution in [0.4, 0.5) is 10.5 Å². The molecular formula is C25H36N4O. The number of carbonyl (C=O) groups is 1. The van der Waals surface area contributed by atoms with Gasteiger partial charge in [-0.25, -0.2) is 4.79 Å². The van der Waals surface area contributed by atoms with Gasteiger partial charge >= 0.3 is 6.03 Å². The van der Waals surface area contributed by atoms with Crippen molar-refractivity contribution >= 4 is 11.7 Å². The lowest BCUT2D eigenvalue weighted by Gasteiger charge is -2.49. The number of anilines is 1. The third-order valence-corrected chi connectivity index (χ3v) is 8.07. The maximum atomic E-state index is 13.2. The van der Waals surface area contributed by atoms with Gasteiger partial charge in [0.15, 0.2) is 0 Å². The monoisotopic (exact) mass is 408 g/mol. The molecule has 4 aliphatic rings. The molecule has 4 heterocycles. The van der Waals surface area contributed by atoms with Gasteiger partial charge in [-0.05, 0) is 68.2 Å². The van der Waals surface area contributed by atoms with Crippen molar-refractivity contribution in [2.24, 2.45) is 11.3 Å². The molecule has 1 aromatic carbocycles. The Kier molecular flexibility index (Phi) is 4.95. The van der Waals surface area contributed by atoms with Gasteiger partial charge in [-0.2, -0.15) is 0 Å². The van der Waals surface area contributed by atoms with Crippen molar-refractivity contribution in [2.45, 2.75) is 52.0 Å². The molecule has 1 aromatic rings. The van der Waals surface area contributed by atoms with Gasteiger partial charge in [0.05, 0.1) is 0 Å². The number of urea groups is 1. The van der Waals surface area contributed by atoms with Crippen LogP contribution in [-0.4, -0.2) is 61.1 Å². The Morgan fingerprint density at radius 1 is 1.20 bits per heavy atom. The lowest BCUT2D eigenvalue weighted by Crippen LogP contribution is -2.59. The van der Waals surface area contributed by atoms with Crippen LogP contribution in [0, 0.1) is 18.3 Å². The number of fused-ring (bicyclic) bond motifs is 1. The fraction of sp³-hybridized carbons (Fsp3) is 0.640. The normalized spacial score (nSPS) is 27.7. The third kappa shape index (κ3) is 3.46. The predicted octanol–water partition coefficient (Wildman–Crippen LogP) is 3.78. The Morgan fingerprint density at radius 2 is 2.03 bits per heavy atom. The van der Waals surface area contributed by atoms with Crippen LogP contribution in [0.1, 0.15) is 43.7 Å². The second-order valence-corrected chi connectivity index (χ2v) is 10.2. The summed E-state index contributed by atoms with van der Waals surface area (Å²) in [5.41, 5.74) is 5.60. The number of carbonyl (C=O) groups excluding carboxylic acids is 1. The van der Waals surface area contributed by atoms with Crippen LogP contribution >= 0.6 is 0 Å². The second-order valence-electron chi connectivity index (χ2n) is 10.2. The Bertz CT molecular complexity index is 844. The number of allylic oxidation sites excluding steroid dienone is 1. The number of piperidine rings is 2. The largest absolute Gasteiger partial charge is 0.384 e. The van der Waals surface area contributed by atoms with E-state index in [0.717, 1.165) is 70.6 Å². The Balaban J connectivity index is 1.17. The lowest BCUT2D eigenvalue weighted by molar-refractivity contribution is 0.109. The minimum absolute atomic E-state index is 0.255. The van der Waals surface area contributed by atoms with Crippen LogP contribution in [0.3, 0.4) is 0 Å². The number of nitrogens with zero attached hydrogens (tertiary/aromatic N) is 3. The maximum Gasteiger partial charge on any atom is 0.320 e. The highest BCUT2D eigenvalue weighted by Gasteiger charge is 2.49. The van der Waals surface area contributed by atoms with Crippen LogP contribution in [0.15, 0.2) is 30.5 Å². The molecule has 162 valence electrons. The third-order valence-electron chi connectivity index (χ3n) is 8.07. The maximum absolute atomic E-state index is 13.2. The number of amides is 2. The first-order chi connectivity index (χ1) is 14.5. The van der Waals surface area contributed by atoms with Crippen molar-refractivity contribution < 1.29 is 4.79 Å². The number of hydrogen-bond donors (Lipinski definition) is 1. The van der Waals surface area contributed by atoms with E-state index in [0.29, 0.717) is 17.4 Å². The van der Waals surface area contributed by atoms with E-state index in [9.17, 15) is 4.79 Å². The van der Waals surface area contributed by atoms with E-state index in [1.165, 1.54) is 23.2 Å². The van der Waals surface area contributed by atoms with Gasteiger partial charge in [0.2, 0.25) is 0 Å². The number of hydrogen-bond acceptors (Lipinski definition) is 3. The first-order valence-corrected chi connectivity index (χ1v) is 11.8. The van der Waals surface area contributed by atoms with Gasteiger partial charge in [-0.15, -0.1) is 0 Å². The molecule has 0 bridgehead atoms. The van der Waals surface area contributed by atoms with Gasteiger partial charge in [0, 0.05) is 62.1 Å². The van der Waals surface area contributed by atoms with Crippen LogP contribution < -0.4 is 10.2 Å². The van der Waals surface area contributed by atoms with Crippen LogP contribution in [0.25, 0.3) is 0 Å². The fourth-order valence-corrected chi connectivity index (χ4v) is 6.15. The van der Waals surface area contributed by atoms with E-state index in [1.54, 1.807) is 0 Å². The average molecular weight is 409 g/mol. The molecule has 2 amide bonds. The molecule has 1 spiro atoms. The number of likely N-dealkylation sites (tertiary alicyclic amines) is 2. The quantitative estimate of drug-likeness (QED) is 0.810. The Morgan fingerprint density at radius 3 is 2.80 bits per heavy atom. The van der Waals surface area contributed by atoms with Gasteiger partial charge in [-0.3, -0.25) is 0 Å². The van der Waals surface area contributed by atoms with Crippen molar-refractivity contribution in [3.8, 4) is 0 Å². The average Bonchev–Trinajstić information content (AvgIpc) is 3.17. The van der Waals surface area contributed by atoms with Gasteiger partial charge in [0.1, 0.15) is 0 Å². The van der Waals surface area contributed by atoms with Crippen molar-refractivity contribution in [1.82, 2.24) is 15.1 Å². The number of rotatable bonds is 2. The summed E-state index contributed by atoms with van der Waals surface area (Å²) < 4.78 is 0. The Hall–Kier alpha value is -2.17. The highest BCUT2D eigenvalue weighted by atomic mass is 16.2. The summed E-state index contributed by atoms with van der Waals surface area (Å²) in [6.45, 7) is 14.3. The molecule has 4 saturated heterocycles. The zero-order valence-electron chi connectivity index (χ0n) is 18.6. The van der Waals surface area contributed by atoms with Crippen molar-refractivity contribution in [3.63, 3.8) is 0 Å². The minimum atomic E-state index is 0.255. The summed E-state index contributed by atoms with van der Waals surface area (Å²) in [7, 11) is 0. The van der Waals surface area contributed by atoms with Crippen molar-refractivity contribution in [3.05, 3.63) is 41.6 Å². The summed E-state index contributed by atoms with van der Waals surface area (Å²) in [5.74, 6) is 0.701. The number of aryl methyl sites for hydroxylation is 2. The topological polar surface area (TPSA) is 38.8 Å². The molecule has 1 N–H and O–H groups in total. The predicted molar refractivity (Wildman–Crippen MR) is 122 cm³/mol. The van der Waals surface area contributed by atoms with Crippen LogP contribution in [-0.2, 0) is 6.42 Å². The molecule has 30 heavy (non-hydrogen) atoms. The molecule has 4 aliphatic heterocycles. The molecule has 2 unspecified atom stereocenters. The zero-order valence-corrected chi connectivity index (χ0v) is 18.6. The smallest absolute Gasteiger partial charge is 0.320 e. The first kappa shape index (κ1) is 19.8. The lowest BCUT2D eigenvalue weighted by atomic mass is 9.78. The zero-order chi connectivity index (χ0) is 20.9. The number of nitrogens with one attached hydrogen (secondary N) is 1. The fourth-order valence-electron chi connectivity index (χ4n) is 6.15. The highest BCUT2D eigenvalue weighted by Crippen LogP contribution is 2.42. The molecule has 0 aromatic heterocycles. The van der Waals surface area contributed by atoms with Crippen LogP contribution in [0.5, 0.6) is 0 Å². The summed E-state index contributed by atoms with van der Waals surface area (Å²) in [6, 6.07) is 7.53. The second kappa shape index (κ2) is 7.51. The van der Waals surface area contributed by atoms with Gasteiger partial charge in [0.25, 0.3) is 0 Å². The Labute approximate surface area is 181 Å². The molecule has 2 atom stereocenters. The molecule has 0 radical (unpaired) electrons. The summed E-state index contributed by atoms with van der Waals surface area (Å²) in [6.07, 6.45) is 5.66. The van der Waals surface area contributed by atoms with E-state index >= 15 is 0 Å². The van der Waals surface area contributed by atoms with E-state index in [1.807, 2.05) is 0 Å². The van der Waals surface area contributed by atoms with Crippen molar-refractivity contribution in [1.29, 1.82) is 0 Å². The van der Waals surface area contributed by atoms with Crippen molar-refractivity contribution in [2.75, 3.05) is 44.2 Å². The molecule has 5 heteroatoms. The molecule has 5 nitrogen and oxygen atoms in total. The number of benzene rings is 1.